The first-order valence-electron chi connectivity index (χ1n) is 7.89. The molecule has 1 spiro atoms. The highest BCUT2D eigenvalue weighted by Crippen LogP contribution is 2.56. The van der Waals surface area contributed by atoms with Gasteiger partial charge in [-0.2, -0.15) is 0 Å². The van der Waals surface area contributed by atoms with Crippen molar-refractivity contribution in [2.75, 3.05) is 26.7 Å². The van der Waals surface area contributed by atoms with Crippen molar-refractivity contribution in [2.45, 2.75) is 51.2 Å². The molecule has 2 aliphatic carbocycles. The van der Waals surface area contributed by atoms with Crippen LogP contribution in [0.2, 0.25) is 0 Å². The number of carbonyl (C=O) groups excluding carboxylic acids is 2. The van der Waals surface area contributed by atoms with Gasteiger partial charge in [-0.3, -0.25) is 9.59 Å². The molecule has 0 saturated heterocycles. The molecule has 0 radical (unpaired) electrons. The fraction of sp³-hybridized carbons (Fsp3) is 0.867. The predicted octanol–water partition coefficient (Wildman–Crippen LogP) is 0.679. The number of rotatable bonds is 6. The molecule has 2 aliphatic rings. The van der Waals surface area contributed by atoms with Crippen LogP contribution < -0.4 is 11.1 Å². The van der Waals surface area contributed by atoms with Gasteiger partial charge in [-0.1, -0.05) is 12.8 Å². The van der Waals surface area contributed by atoms with Crippen LogP contribution in [0, 0.1) is 5.41 Å². The van der Waals surface area contributed by atoms with Gasteiger partial charge in [0.15, 0.2) is 0 Å². The van der Waals surface area contributed by atoms with Crippen LogP contribution in [0.25, 0.3) is 0 Å². The summed E-state index contributed by atoms with van der Waals surface area (Å²) in [4.78, 5) is 25.2. The van der Waals surface area contributed by atoms with E-state index in [9.17, 15) is 9.59 Å². The van der Waals surface area contributed by atoms with Gasteiger partial charge in [0.25, 0.3) is 0 Å². The molecule has 2 atom stereocenters. The van der Waals surface area contributed by atoms with Crippen molar-refractivity contribution in [1.29, 1.82) is 0 Å². The molecule has 2 rings (SSSR count). The second-order valence-corrected chi connectivity index (χ2v) is 6.12. The lowest BCUT2D eigenvalue weighted by Gasteiger charge is -2.57. The third kappa shape index (κ3) is 3.55. The first-order valence-corrected chi connectivity index (χ1v) is 7.89. The second-order valence-electron chi connectivity index (χ2n) is 6.12. The topological polar surface area (TPSA) is 84.7 Å². The van der Waals surface area contributed by atoms with Crippen LogP contribution in [0.4, 0.5) is 0 Å². The summed E-state index contributed by atoms with van der Waals surface area (Å²) >= 11 is 0. The maximum atomic E-state index is 12.2. The molecule has 2 saturated carbocycles. The van der Waals surface area contributed by atoms with Gasteiger partial charge in [0, 0.05) is 25.1 Å². The number of ether oxygens (including phenoxy) is 1. The van der Waals surface area contributed by atoms with E-state index in [-0.39, 0.29) is 54.9 Å². The Labute approximate surface area is 138 Å². The van der Waals surface area contributed by atoms with Gasteiger partial charge >= 0.3 is 0 Å². The standard InChI is InChI=1S/C15H27N3O3.ClH/c1-3-21-12-8-11(15(12)6-4-5-7-15)18(2)14(20)10-17-13(19)9-16;/h11-12H,3-10,16H2,1-2H3,(H,17,19);1H. The van der Waals surface area contributed by atoms with Crippen LogP contribution in [-0.4, -0.2) is 55.6 Å². The lowest BCUT2D eigenvalue weighted by atomic mass is 9.60. The van der Waals surface area contributed by atoms with Crippen LogP contribution in [0.1, 0.15) is 39.0 Å². The molecule has 0 aromatic heterocycles. The van der Waals surface area contributed by atoms with Gasteiger partial charge in [0.05, 0.1) is 19.2 Å². The zero-order chi connectivity index (χ0) is 15.5. The summed E-state index contributed by atoms with van der Waals surface area (Å²) in [5, 5.41) is 2.55. The third-order valence-corrected chi connectivity index (χ3v) is 5.13. The first kappa shape index (κ1) is 19.2. The molecule has 0 aromatic carbocycles. The number of nitrogens with two attached hydrogens (primary N) is 1. The van der Waals surface area contributed by atoms with Crippen molar-refractivity contribution in [3.05, 3.63) is 0 Å². The van der Waals surface area contributed by atoms with Crippen LogP contribution in [0.5, 0.6) is 0 Å². The molecule has 2 fully saturated rings. The zero-order valence-electron chi connectivity index (χ0n) is 13.5. The molecule has 7 heteroatoms. The summed E-state index contributed by atoms with van der Waals surface area (Å²) in [5.41, 5.74) is 5.36. The van der Waals surface area contributed by atoms with Crippen molar-refractivity contribution >= 4 is 24.2 Å². The van der Waals surface area contributed by atoms with E-state index in [1.807, 2.05) is 14.0 Å². The first-order chi connectivity index (χ1) is 10.0. The van der Waals surface area contributed by atoms with E-state index in [4.69, 9.17) is 10.5 Å². The molecule has 0 aromatic rings. The number of halogens is 1. The number of carbonyl (C=O) groups is 2. The van der Waals surface area contributed by atoms with E-state index >= 15 is 0 Å². The molecule has 128 valence electrons. The summed E-state index contributed by atoms with van der Waals surface area (Å²) < 4.78 is 5.87. The largest absolute Gasteiger partial charge is 0.378 e. The number of hydrogen-bond donors (Lipinski definition) is 2. The quantitative estimate of drug-likeness (QED) is 0.748. The molecular weight excluding hydrogens is 306 g/mol. The molecule has 0 aliphatic heterocycles. The number of likely N-dealkylation sites (N-methyl/N-ethyl adjacent to an activating group) is 1. The molecule has 2 unspecified atom stereocenters. The predicted molar refractivity (Wildman–Crippen MR) is 86.8 cm³/mol. The van der Waals surface area contributed by atoms with Crippen molar-refractivity contribution < 1.29 is 14.3 Å². The molecule has 0 heterocycles. The van der Waals surface area contributed by atoms with Gasteiger partial charge in [0.2, 0.25) is 11.8 Å². The van der Waals surface area contributed by atoms with E-state index in [1.165, 1.54) is 12.8 Å². The average Bonchev–Trinajstić information content (AvgIpc) is 3.00. The van der Waals surface area contributed by atoms with E-state index in [1.54, 1.807) is 4.90 Å². The Balaban J connectivity index is 0.00000242. The fourth-order valence-corrected chi connectivity index (χ4v) is 3.94. The third-order valence-electron chi connectivity index (χ3n) is 5.13. The van der Waals surface area contributed by atoms with Gasteiger partial charge in [-0.05, 0) is 26.2 Å². The van der Waals surface area contributed by atoms with E-state index in [2.05, 4.69) is 5.32 Å². The smallest absolute Gasteiger partial charge is 0.241 e. The Morgan fingerprint density at radius 3 is 2.55 bits per heavy atom. The van der Waals surface area contributed by atoms with Gasteiger partial charge in [-0.15, -0.1) is 12.4 Å². The zero-order valence-corrected chi connectivity index (χ0v) is 14.3. The fourth-order valence-electron chi connectivity index (χ4n) is 3.94. The van der Waals surface area contributed by atoms with Gasteiger partial charge < -0.3 is 20.7 Å². The second kappa shape index (κ2) is 8.13. The van der Waals surface area contributed by atoms with E-state index < -0.39 is 0 Å². The Morgan fingerprint density at radius 1 is 1.36 bits per heavy atom. The summed E-state index contributed by atoms with van der Waals surface area (Å²) in [6.07, 6.45) is 5.88. The minimum atomic E-state index is -0.298. The summed E-state index contributed by atoms with van der Waals surface area (Å²) in [7, 11) is 1.84. The average molecular weight is 334 g/mol. The maximum absolute atomic E-state index is 12.2. The lowest BCUT2D eigenvalue weighted by molar-refractivity contribution is -0.172. The summed E-state index contributed by atoms with van der Waals surface area (Å²) in [5.74, 6) is -0.351. The minimum absolute atomic E-state index is 0. The van der Waals surface area contributed by atoms with E-state index in [0.29, 0.717) is 0 Å². The molecule has 2 amide bonds. The SMILES string of the molecule is CCOC1CC(N(C)C(=O)CNC(=O)CN)C12CCCC2.Cl. The van der Waals surface area contributed by atoms with Crippen LogP contribution >= 0.6 is 12.4 Å². The van der Waals surface area contributed by atoms with Crippen LogP contribution in [-0.2, 0) is 14.3 Å². The normalized spacial score (nSPS) is 25.2. The Bertz CT molecular complexity index is 399. The molecule has 22 heavy (non-hydrogen) atoms. The maximum Gasteiger partial charge on any atom is 0.241 e. The summed E-state index contributed by atoms with van der Waals surface area (Å²) in [6, 6.07) is 0.235. The van der Waals surface area contributed by atoms with Crippen LogP contribution in [0.3, 0.4) is 0 Å². The molecular formula is C15H28ClN3O3. The summed E-state index contributed by atoms with van der Waals surface area (Å²) in [6.45, 7) is 2.69. The number of hydrogen-bond acceptors (Lipinski definition) is 4. The van der Waals surface area contributed by atoms with Gasteiger partial charge in [0.1, 0.15) is 0 Å². The molecule has 3 N–H and O–H groups in total. The molecule has 0 bridgehead atoms. The van der Waals surface area contributed by atoms with Crippen molar-refractivity contribution in [2.24, 2.45) is 11.1 Å². The van der Waals surface area contributed by atoms with Gasteiger partial charge in [-0.25, -0.2) is 0 Å². The van der Waals surface area contributed by atoms with Crippen molar-refractivity contribution in [3.63, 3.8) is 0 Å². The minimum Gasteiger partial charge on any atom is -0.378 e. The van der Waals surface area contributed by atoms with Crippen LogP contribution in [0.15, 0.2) is 0 Å². The monoisotopic (exact) mass is 333 g/mol. The highest BCUT2D eigenvalue weighted by atomic mass is 35.5. The van der Waals surface area contributed by atoms with E-state index in [0.717, 1.165) is 25.9 Å². The molecule has 6 nitrogen and oxygen atoms in total. The highest BCUT2D eigenvalue weighted by Gasteiger charge is 2.58. The highest BCUT2D eigenvalue weighted by molar-refractivity contribution is 5.86. The number of amides is 2. The number of nitrogens with zero attached hydrogens (tertiary/aromatic N) is 1. The Hall–Kier alpha value is -0.850. The van der Waals surface area contributed by atoms with Crippen molar-refractivity contribution in [1.82, 2.24) is 10.2 Å². The Kier molecular flexibility index (Phi) is 7.09. The number of nitrogens with one attached hydrogen (secondary N) is 1. The Morgan fingerprint density at radius 2 is 2.00 bits per heavy atom. The lowest BCUT2D eigenvalue weighted by Crippen LogP contribution is -2.64. The van der Waals surface area contributed by atoms with Crippen molar-refractivity contribution in [3.8, 4) is 0 Å².